The number of rotatable bonds is 3. The molecule has 0 unspecified atom stereocenters. The summed E-state index contributed by atoms with van der Waals surface area (Å²) in [7, 11) is 1.24. The zero-order valence-corrected chi connectivity index (χ0v) is 7.93. The van der Waals surface area contributed by atoms with Crippen LogP contribution in [-0.4, -0.2) is 12.9 Å². The summed E-state index contributed by atoms with van der Waals surface area (Å²) in [5, 5.41) is 0. The smallest absolute Gasteiger partial charge is 0.165 e. The van der Waals surface area contributed by atoms with E-state index in [-0.39, 0.29) is 23.5 Å². The van der Waals surface area contributed by atoms with Crippen molar-refractivity contribution >= 4 is 5.78 Å². The van der Waals surface area contributed by atoms with Gasteiger partial charge in [0.1, 0.15) is 11.6 Å². The van der Waals surface area contributed by atoms with Gasteiger partial charge in [-0.25, -0.2) is 8.78 Å². The highest BCUT2D eigenvalue weighted by atomic mass is 19.1. The first-order valence-corrected chi connectivity index (χ1v) is 4.06. The number of ether oxygens (including phenoxy) is 1. The summed E-state index contributed by atoms with van der Waals surface area (Å²) in [6.45, 7) is 1.31. The predicted molar refractivity (Wildman–Crippen MR) is 47.3 cm³/mol. The van der Waals surface area contributed by atoms with Crippen LogP contribution < -0.4 is 4.74 Å². The van der Waals surface area contributed by atoms with Gasteiger partial charge in [-0.2, -0.15) is 0 Å². The normalized spacial score (nSPS) is 10.0. The topological polar surface area (TPSA) is 26.3 Å². The van der Waals surface area contributed by atoms with Crippen molar-refractivity contribution in [2.75, 3.05) is 7.11 Å². The average Bonchev–Trinajstić information content (AvgIpc) is 2.11. The summed E-state index contributed by atoms with van der Waals surface area (Å²) in [5.41, 5.74) is -0.0278. The van der Waals surface area contributed by atoms with E-state index in [4.69, 9.17) is 4.74 Å². The molecule has 2 nitrogen and oxygen atoms in total. The Morgan fingerprint density at radius 2 is 1.93 bits per heavy atom. The molecular formula is C10H10F2O2. The van der Waals surface area contributed by atoms with Crippen LogP contribution in [0.3, 0.4) is 0 Å². The Bertz CT molecular complexity index is 361. The fourth-order valence-electron chi connectivity index (χ4n) is 1.21. The van der Waals surface area contributed by atoms with Gasteiger partial charge in [0.15, 0.2) is 11.6 Å². The van der Waals surface area contributed by atoms with E-state index in [2.05, 4.69) is 0 Å². The number of carbonyl (C=O) groups excluding carboxylic acids is 1. The molecule has 0 bridgehead atoms. The zero-order valence-electron chi connectivity index (χ0n) is 7.93. The van der Waals surface area contributed by atoms with Crippen LogP contribution in [-0.2, 0) is 11.2 Å². The fraction of sp³-hybridized carbons (Fsp3) is 0.300. The molecule has 0 fully saturated rings. The van der Waals surface area contributed by atoms with Gasteiger partial charge in [-0.15, -0.1) is 0 Å². The van der Waals surface area contributed by atoms with Gasteiger partial charge in [0.05, 0.1) is 7.11 Å². The molecule has 4 heteroatoms. The number of benzene rings is 1. The van der Waals surface area contributed by atoms with E-state index in [1.54, 1.807) is 0 Å². The van der Waals surface area contributed by atoms with E-state index in [9.17, 15) is 13.6 Å². The number of Topliss-reactive ketones (excluding diaryl/α,β-unsaturated/α-hetero) is 1. The molecule has 0 saturated carbocycles. The number of halogens is 2. The summed E-state index contributed by atoms with van der Waals surface area (Å²) in [5.74, 6) is -1.73. The van der Waals surface area contributed by atoms with Crippen LogP contribution >= 0.6 is 0 Å². The largest absolute Gasteiger partial charge is 0.493 e. The lowest BCUT2D eigenvalue weighted by molar-refractivity contribution is -0.116. The average molecular weight is 200 g/mol. The lowest BCUT2D eigenvalue weighted by atomic mass is 10.1. The maximum absolute atomic E-state index is 13.2. The maximum atomic E-state index is 13.2. The second-order valence-electron chi connectivity index (χ2n) is 2.92. The van der Waals surface area contributed by atoms with Gasteiger partial charge >= 0.3 is 0 Å². The quantitative estimate of drug-likeness (QED) is 0.746. The van der Waals surface area contributed by atoms with Crippen molar-refractivity contribution in [3.05, 3.63) is 29.3 Å². The van der Waals surface area contributed by atoms with Crippen molar-refractivity contribution in [2.45, 2.75) is 13.3 Å². The van der Waals surface area contributed by atoms with Crippen molar-refractivity contribution in [3.8, 4) is 5.75 Å². The molecule has 0 spiro atoms. The summed E-state index contributed by atoms with van der Waals surface area (Å²) in [6.07, 6.45) is -0.160. The molecular weight excluding hydrogens is 190 g/mol. The standard InChI is InChI=1S/C10H10F2O2/c1-6(13)5-7-8(11)3-4-9(12)10(7)14-2/h3-4H,5H2,1-2H3. The molecule has 0 saturated heterocycles. The molecule has 0 aromatic heterocycles. The molecule has 14 heavy (non-hydrogen) atoms. The van der Waals surface area contributed by atoms with Gasteiger partial charge in [-0.3, -0.25) is 4.79 Å². The van der Waals surface area contributed by atoms with Gasteiger partial charge in [-0.1, -0.05) is 0 Å². The van der Waals surface area contributed by atoms with Crippen LogP contribution in [0.2, 0.25) is 0 Å². The molecule has 0 aliphatic rings. The third-order valence-electron chi connectivity index (χ3n) is 1.79. The Kier molecular flexibility index (Phi) is 3.17. The highest BCUT2D eigenvalue weighted by Gasteiger charge is 2.15. The zero-order chi connectivity index (χ0) is 10.7. The van der Waals surface area contributed by atoms with Crippen LogP contribution in [0.4, 0.5) is 8.78 Å². The van der Waals surface area contributed by atoms with E-state index in [0.717, 1.165) is 12.1 Å². The molecule has 1 rings (SSSR count). The number of carbonyl (C=O) groups is 1. The highest BCUT2D eigenvalue weighted by Crippen LogP contribution is 2.25. The number of hydrogen-bond donors (Lipinski definition) is 0. The van der Waals surface area contributed by atoms with Crippen LogP contribution in [0, 0.1) is 11.6 Å². The SMILES string of the molecule is COc1c(F)ccc(F)c1CC(C)=O. The van der Waals surface area contributed by atoms with Crippen molar-refractivity contribution in [3.63, 3.8) is 0 Å². The van der Waals surface area contributed by atoms with Gasteiger partial charge in [-0.05, 0) is 19.1 Å². The van der Waals surface area contributed by atoms with Gasteiger partial charge in [0.25, 0.3) is 0 Å². The first kappa shape index (κ1) is 10.6. The van der Waals surface area contributed by atoms with Gasteiger partial charge < -0.3 is 4.74 Å². The predicted octanol–water partition coefficient (Wildman–Crippen LogP) is 2.10. The molecule has 0 N–H and O–H groups in total. The Hall–Kier alpha value is -1.45. The minimum Gasteiger partial charge on any atom is -0.493 e. The maximum Gasteiger partial charge on any atom is 0.165 e. The minimum atomic E-state index is -0.662. The summed E-state index contributed by atoms with van der Waals surface area (Å²) >= 11 is 0. The first-order valence-electron chi connectivity index (χ1n) is 4.06. The Morgan fingerprint density at radius 3 is 2.43 bits per heavy atom. The van der Waals surface area contributed by atoms with Crippen LogP contribution in [0.1, 0.15) is 12.5 Å². The Balaban J connectivity index is 3.22. The van der Waals surface area contributed by atoms with Gasteiger partial charge in [0.2, 0.25) is 0 Å². The highest BCUT2D eigenvalue weighted by molar-refractivity contribution is 5.79. The number of hydrogen-bond acceptors (Lipinski definition) is 2. The third kappa shape index (κ3) is 2.07. The molecule has 1 aromatic rings. The first-order chi connectivity index (χ1) is 6.56. The fourth-order valence-corrected chi connectivity index (χ4v) is 1.21. The summed E-state index contributed by atoms with van der Waals surface area (Å²) < 4.78 is 30.9. The van der Waals surface area contributed by atoms with Crippen molar-refractivity contribution in [1.29, 1.82) is 0 Å². The lowest BCUT2D eigenvalue weighted by Gasteiger charge is -2.08. The second-order valence-corrected chi connectivity index (χ2v) is 2.92. The third-order valence-corrected chi connectivity index (χ3v) is 1.79. The molecule has 0 aliphatic carbocycles. The van der Waals surface area contributed by atoms with Crippen molar-refractivity contribution in [1.82, 2.24) is 0 Å². The Labute approximate surface area is 80.5 Å². The molecule has 76 valence electrons. The van der Waals surface area contributed by atoms with Crippen molar-refractivity contribution < 1.29 is 18.3 Å². The molecule has 0 amide bonds. The van der Waals surface area contributed by atoms with E-state index in [0.29, 0.717) is 0 Å². The summed E-state index contributed by atoms with van der Waals surface area (Å²) in [4.78, 5) is 10.8. The molecule has 0 radical (unpaired) electrons. The van der Waals surface area contributed by atoms with Crippen molar-refractivity contribution in [2.24, 2.45) is 0 Å². The minimum absolute atomic E-state index is 0.0278. The second kappa shape index (κ2) is 4.17. The van der Waals surface area contributed by atoms with Crippen LogP contribution in [0.5, 0.6) is 5.75 Å². The van der Waals surface area contributed by atoms with Crippen LogP contribution in [0.15, 0.2) is 12.1 Å². The lowest BCUT2D eigenvalue weighted by Crippen LogP contribution is -2.04. The van der Waals surface area contributed by atoms with E-state index in [1.165, 1.54) is 14.0 Å². The summed E-state index contributed by atoms with van der Waals surface area (Å²) in [6, 6.07) is 1.95. The number of ketones is 1. The molecule has 0 heterocycles. The monoisotopic (exact) mass is 200 g/mol. The van der Waals surface area contributed by atoms with E-state index in [1.807, 2.05) is 0 Å². The Morgan fingerprint density at radius 1 is 1.36 bits per heavy atom. The number of methoxy groups -OCH3 is 1. The van der Waals surface area contributed by atoms with E-state index >= 15 is 0 Å². The van der Waals surface area contributed by atoms with E-state index < -0.39 is 11.6 Å². The molecule has 0 atom stereocenters. The van der Waals surface area contributed by atoms with Crippen LogP contribution in [0.25, 0.3) is 0 Å². The van der Waals surface area contributed by atoms with Gasteiger partial charge in [0, 0.05) is 12.0 Å². The molecule has 0 aliphatic heterocycles. The molecule has 1 aromatic carbocycles.